The summed E-state index contributed by atoms with van der Waals surface area (Å²) in [7, 11) is 1.23. The Kier molecular flexibility index (Phi) is 3.59. The van der Waals surface area contributed by atoms with Crippen LogP contribution in [0.4, 0.5) is 0 Å². The zero-order valence-corrected chi connectivity index (χ0v) is 10.9. The van der Waals surface area contributed by atoms with Gasteiger partial charge in [0.2, 0.25) is 0 Å². The van der Waals surface area contributed by atoms with Gasteiger partial charge in [-0.2, -0.15) is 0 Å². The number of aromatic nitrogens is 1. The van der Waals surface area contributed by atoms with Crippen molar-refractivity contribution in [3.63, 3.8) is 0 Å². The Morgan fingerprint density at radius 2 is 2.06 bits per heavy atom. The Morgan fingerprint density at radius 3 is 2.72 bits per heavy atom. The van der Waals surface area contributed by atoms with Gasteiger partial charge in [-0.1, -0.05) is 23.2 Å². The van der Waals surface area contributed by atoms with Crippen molar-refractivity contribution in [2.45, 2.75) is 6.42 Å². The van der Waals surface area contributed by atoms with Gasteiger partial charge in [-0.15, -0.1) is 0 Å². The molecule has 0 aliphatic rings. The Morgan fingerprint density at radius 1 is 1.33 bits per heavy atom. The van der Waals surface area contributed by atoms with Crippen molar-refractivity contribution in [2.24, 2.45) is 0 Å². The summed E-state index contributed by atoms with van der Waals surface area (Å²) in [4.78, 5) is 25.9. The van der Waals surface area contributed by atoms with Gasteiger partial charge >= 0.3 is 5.97 Å². The van der Waals surface area contributed by atoms with Gasteiger partial charge in [0.15, 0.2) is 5.78 Å². The molecule has 1 aromatic heterocycles. The molecule has 0 saturated carbocycles. The van der Waals surface area contributed by atoms with Crippen LogP contribution in [0.5, 0.6) is 0 Å². The average Bonchev–Trinajstić information content (AvgIpc) is 2.78. The number of esters is 1. The van der Waals surface area contributed by atoms with Crippen LogP contribution >= 0.6 is 23.2 Å². The normalized spacial score (nSPS) is 10.6. The maximum Gasteiger partial charge on any atom is 0.313 e. The van der Waals surface area contributed by atoms with Crippen LogP contribution < -0.4 is 0 Å². The zero-order valence-electron chi connectivity index (χ0n) is 9.42. The molecule has 1 aromatic carbocycles. The van der Waals surface area contributed by atoms with Gasteiger partial charge in [0.1, 0.15) is 6.42 Å². The molecular formula is C12H9Cl2NO3. The van der Waals surface area contributed by atoms with Gasteiger partial charge in [-0.05, 0) is 12.1 Å². The lowest BCUT2D eigenvalue weighted by atomic mass is 10.1. The van der Waals surface area contributed by atoms with E-state index in [-0.39, 0.29) is 12.2 Å². The number of methoxy groups -OCH3 is 1. The summed E-state index contributed by atoms with van der Waals surface area (Å²) in [6.45, 7) is 0. The molecule has 0 spiro atoms. The molecule has 1 heterocycles. The van der Waals surface area contributed by atoms with E-state index in [0.29, 0.717) is 26.5 Å². The number of benzene rings is 1. The van der Waals surface area contributed by atoms with Crippen LogP contribution in [-0.4, -0.2) is 23.8 Å². The molecule has 94 valence electrons. The molecule has 0 atom stereocenters. The van der Waals surface area contributed by atoms with E-state index in [2.05, 4.69) is 9.72 Å². The van der Waals surface area contributed by atoms with Crippen LogP contribution in [0, 0.1) is 0 Å². The lowest BCUT2D eigenvalue weighted by Gasteiger charge is -2.01. The largest absolute Gasteiger partial charge is 0.469 e. The van der Waals surface area contributed by atoms with Gasteiger partial charge in [0.25, 0.3) is 0 Å². The van der Waals surface area contributed by atoms with Crippen LogP contribution in [0.25, 0.3) is 10.9 Å². The van der Waals surface area contributed by atoms with Gasteiger partial charge < -0.3 is 9.72 Å². The summed E-state index contributed by atoms with van der Waals surface area (Å²) in [6, 6.07) is 3.36. The molecule has 0 amide bonds. The highest BCUT2D eigenvalue weighted by atomic mass is 35.5. The standard InChI is InChI=1S/C12H9Cl2NO3/c1-18-10(17)4-9(16)6-5-15-8-3-2-7(13)12(14)11(6)8/h2-3,5,15H,4H2,1H3. The van der Waals surface area contributed by atoms with E-state index in [1.165, 1.54) is 13.3 Å². The topological polar surface area (TPSA) is 59.2 Å². The van der Waals surface area contributed by atoms with E-state index in [1.807, 2.05) is 0 Å². The predicted octanol–water partition coefficient (Wildman–Crippen LogP) is 3.22. The quantitative estimate of drug-likeness (QED) is 0.535. The monoisotopic (exact) mass is 285 g/mol. The number of rotatable bonds is 3. The van der Waals surface area contributed by atoms with Crippen molar-refractivity contribution < 1.29 is 14.3 Å². The number of carbonyl (C=O) groups excluding carboxylic acids is 2. The van der Waals surface area contributed by atoms with E-state index in [9.17, 15) is 9.59 Å². The zero-order chi connectivity index (χ0) is 13.3. The lowest BCUT2D eigenvalue weighted by Crippen LogP contribution is -2.09. The highest BCUT2D eigenvalue weighted by molar-refractivity contribution is 6.46. The number of Topliss-reactive ketones (excluding diaryl/α,β-unsaturated/α-hetero) is 1. The fraction of sp³-hybridized carbons (Fsp3) is 0.167. The summed E-state index contributed by atoms with van der Waals surface area (Å²) in [5, 5.41) is 1.18. The van der Waals surface area contributed by atoms with Crippen LogP contribution in [0.2, 0.25) is 10.0 Å². The molecule has 0 aliphatic heterocycles. The molecule has 2 aromatic rings. The molecule has 0 radical (unpaired) electrons. The Labute approximate surface area is 113 Å². The molecule has 4 nitrogen and oxygen atoms in total. The van der Waals surface area contributed by atoms with Crippen molar-refractivity contribution >= 4 is 45.9 Å². The second-order valence-electron chi connectivity index (χ2n) is 3.66. The van der Waals surface area contributed by atoms with Crippen molar-refractivity contribution in [3.05, 3.63) is 33.9 Å². The van der Waals surface area contributed by atoms with Crippen molar-refractivity contribution in [1.29, 1.82) is 0 Å². The van der Waals surface area contributed by atoms with Crippen molar-refractivity contribution in [2.75, 3.05) is 7.11 Å². The van der Waals surface area contributed by atoms with Gasteiger partial charge in [0.05, 0.1) is 17.2 Å². The molecule has 6 heteroatoms. The summed E-state index contributed by atoms with van der Waals surface area (Å²) in [5.41, 5.74) is 1.03. The number of ether oxygens (including phenoxy) is 1. The predicted molar refractivity (Wildman–Crippen MR) is 69.3 cm³/mol. The highest BCUT2D eigenvalue weighted by Gasteiger charge is 2.18. The number of ketones is 1. The highest BCUT2D eigenvalue weighted by Crippen LogP contribution is 2.33. The van der Waals surface area contributed by atoms with Crippen LogP contribution in [0.15, 0.2) is 18.3 Å². The van der Waals surface area contributed by atoms with Gasteiger partial charge in [0, 0.05) is 22.7 Å². The molecule has 1 N–H and O–H groups in total. The third kappa shape index (κ3) is 2.21. The van der Waals surface area contributed by atoms with E-state index >= 15 is 0 Å². The minimum Gasteiger partial charge on any atom is -0.469 e. The molecule has 2 rings (SSSR count). The number of H-pyrrole nitrogens is 1. The Hall–Kier alpha value is -1.52. The fourth-order valence-corrected chi connectivity index (χ4v) is 2.10. The number of carbonyl (C=O) groups is 2. The molecule has 18 heavy (non-hydrogen) atoms. The smallest absolute Gasteiger partial charge is 0.313 e. The minimum atomic E-state index is -0.590. The second-order valence-corrected chi connectivity index (χ2v) is 4.45. The Balaban J connectivity index is 2.49. The van der Waals surface area contributed by atoms with Crippen LogP contribution in [-0.2, 0) is 9.53 Å². The third-order valence-corrected chi connectivity index (χ3v) is 3.37. The summed E-state index contributed by atoms with van der Waals surface area (Å²) in [5.74, 6) is -0.954. The summed E-state index contributed by atoms with van der Waals surface area (Å²) in [6.07, 6.45) is 1.18. The van der Waals surface area contributed by atoms with Crippen LogP contribution in [0.3, 0.4) is 0 Å². The molecule has 0 saturated heterocycles. The number of hydrogen-bond donors (Lipinski definition) is 1. The number of halogens is 2. The van der Waals surface area contributed by atoms with Crippen LogP contribution in [0.1, 0.15) is 16.8 Å². The fourth-order valence-electron chi connectivity index (χ4n) is 1.67. The first-order valence-electron chi connectivity index (χ1n) is 5.09. The van der Waals surface area contributed by atoms with E-state index < -0.39 is 5.97 Å². The molecular weight excluding hydrogens is 277 g/mol. The SMILES string of the molecule is COC(=O)CC(=O)c1c[nH]c2ccc(Cl)c(Cl)c12. The molecule has 0 aliphatic carbocycles. The number of fused-ring (bicyclic) bond motifs is 1. The molecule has 0 unspecified atom stereocenters. The lowest BCUT2D eigenvalue weighted by molar-refractivity contribution is -0.139. The second kappa shape index (κ2) is 5.00. The van der Waals surface area contributed by atoms with Crippen molar-refractivity contribution in [1.82, 2.24) is 4.98 Å². The number of hydrogen-bond acceptors (Lipinski definition) is 3. The Bertz CT molecular complexity index is 634. The van der Waals surface area contributed by atoms with E-state index in [4.69, 9.17) is 23.2 Å². The summed E-state index contributed by atoms with van der Waals surface area (Å²) < 4.78 is 4.46. The number of aromatic amines is 1. The molecule has 0 bridgehead atoms. The third-order valence-electron chi connectivity index (χ3n) is 2.57. The first-order valence-corrected chi connectivity index (χ1v) is 5.85. The maximum atomic E-state index is 11.9. The van der Waals surface area contributed by atoms with Gasteiger partial charge in [-0.3, -0.25) is 9.59 Å². The molecule has 0 fully saturated rings. The van der Waals surface area contributed by atoms with E-state index in [1.54, 1.807) is 12.1 Å². The van der Waals surface area contributed by atoms with Crippen molar-refractivity contribution in [3.8, 4) is 0 Å². The van der Waals surface area contributed by atoms with Gasteiger partial charge in [-0.25, -0.2) is 0 Å². The first-order chi connectivity index (χ1) is 8.54. The maximum absolute atomic E-state index is 11.9. The number of nitrogens with one attached hydrogen (secondary N) is 1. The average molecular weight is 286 g/mol. The summed E-state index contributed by atoms with van der Waals surface area (Å²) >= 11 is 12.0. The minimum absolute atomic E-state index is 0.295. The van der Waals surface area contributed by atoms with E-state index in [0.717, 1.165) is 0 Å². The first kappa shape index (κ1) is 12.9.